The number of esters is 1. The predicted octanol–water partition coefficient (Wildman–Crippen LogP) is 2.06. The Bertz CT molecular complexity index is 206. The molecule has 0 N–H and O–H groups in total. The first-order valence-electron chi connectivity index (χ1n) is 6.01. The predicted molar refractivity (Wildman–Crippen MR) is 60.7 cm³/mol. The van der Waals surface area contributed by atoms with Crippen molar-refractivity contribution in [1.29, 1.82) is 0 Å². The summed E-state index contributed by atoms with van der Waals surface area (Å²) in [5, 5.41) is 0. The largest absolute Gasteiger partial charge is 0.468 e. The van der Waals surface area contributed by atoms with Crippen molar-refractivity contribution < 1.29 is 9.53 Å². The fraction of sp³-hybridized carbons (Fsp3) is 0.917. The standard InChI is InChI=1S/C12H23NO2/c1-4-6-11(12(14)15-3)13-8-5-7-10(2)9-13/h10-11H,4-9H2,1-3H3/t10-,11-/m0/s1. The molecule has 1 heterocycles. The Balaban J connectivity index is 2.57. The van der Waals surface area contributed by atoms with E-state index < -0.39 is 0 Å². The van der Waals surface area contributed by atoms with Gasteiger partial charge in [0.2, 0.25) is 0 Å². The Labute approximate surface area is 92.8 Å². The lowest BCUT2D eigenvalue weighted by molar-refractivity contribution is -0.148. The quantitative estimate of drug-likeness (QED) is 0.669. The van der Waals surface area contributed by atoms with Crippen molar-refractivity contribution in [2.24, 2.45) is 5.92 Å². The minimum Gasteiger partial charge on any atom is -0.468 e. The van der Waals surface area contributed by atoms with E-state index in [2.05, 4.69) is 18.7 Å². The zero-order valence-electron chi connectivity index (χ0n) is 10.2. The number of carbonyl (C=O) groups is 1. The first-order valence-corrected chi connectivity index (χ1v) is 6.01. The van der Waals surface area contributed by atoms with Crippen LogP contribution in [-0.2, 0) is 9.53 Å². The zero-order valence-corrected chi connectivity index (χ0v) is 10.2. The molecule has 2 atom stereocenters. The lowest BCUT2D eigenvalue weighted by atomic mass is 9.97. The molecule has 1 aliphatic heterocycles. The first kappa shape index (κ1) is 12.5. The van der Waals surface area contributed by atoms with Gasteiger partial charge < -0.3 is 4.74 Å². The van der Waals surface area contributed by atoms with Crippen molar-refractivity contribution in [2.45, 2.75) is 45.6 Å². The summed E-state index contributed by atoms with van der Waals surface area (Å²) >= 11 is 0. The van der Waals surface area contributed by atoms with Gasteiger partial charge in [-0.15, -0.1) is 0 Å². The molecule has 0 radical (unpaired) electrons. The molecule has 3 nitrogen and oxygen atoms in total. The molecule has 0 aliphatic carbocycles. The maximum Gasteiger partial charge on any atom is 0.323 e. The number of hydrogen-bond acceptors (Lipinski definition) is 3. The summed E-state index contributed by atoms with van der Waals surface area (Å²) in [6, 6.07) is -0.0113. The van der Waals surface area contributed by atoms with Crippen molar-refractivity contribution in [3.63, 3.8) is 0 Å². The van der Waals surface area contributed by atoms with Gasteiger partial charge in [-0.3, -0.25) is 9.69 Å². The normalized spacial score (nSPS) is 24.9. The maximum atomic E-state index is 11.6. The molecule has 88 valence electrons. The molecule has 0 saturated carbocycles. The van der Waals surface area contributed by atoms with Crippen LogP contribution in [0.2, 0.25) is 0 Å². The lowest BCUT2D eigenvalue weighted by Gasteiger charge is -2.35. The van der Waals surface area contributed by atoms with E-state index in [9.17, 15) is 4.79 Å². The van der Waals surface area contributed by atoms with E-state index in [1.165, 1.54) is 20.0 Å². The Morgan fingerprint density at radius 3 is 2.87 bits per heavy atom. The van der Waals surface area contributed by atoms with E-state index in [1.54, 1.807) is 0 Å². The second-order valence-electron chi connectivity index (χ2n) is 4.57. The molecule has 0 aromatic rings. The molecule has 1 aliphatic rings. The third kappa shape index (κ3) is 3.49. The van der Waals surface area contributed by atoms with E-state index in [0.717, 1.165) is 25.9 Å². The minimum absolute atomic E-state index is 0.0113. The van der Waals surface area contributed by atoms with Crippen LogP contribution in [0.1, 0.15) is 39.5 Å². The molecule has 0 spiro atoms. The van der Waals surface area contributed by atoms with Crippen molar-refractivity contribution in [2.75, 3.05) is 20.2 Å². The highest BCUT2D eigenvalue weighted by Crippen LogP contribution is 2.20. The van der Waals surface area contributed by atoms with Crippen LogP contribution in [0.25, 0.3) is 0 Å². The first-order chi connectivity index (χ1) is 7.19. The number of hydrogen-bond donors (Lipinski definition) is 0. The van der Waals surface area contributed by atoms with Gasteiger partial charge in [-0.25, -0.2) is 0 Å². The molecule has 0 unspecified atom stereocenters. The average Bonchev–Trinajstić information content (AvgIpc) is 2.25. The SMILES string of the molecule is CCC[C@@H](C(=O)OC)N1CCC[C@H](C)C1. The van der Waals surface area contributed by atoms with Gasteiger partial charge in [0, 0.05) is 6.54 Å². The molecule has 1 saturated heterocycles. The van der Waals surface area contributed by atoms with Gasteiger partial charge in [0.25, 0.3) is 0 Å². The lowest BCUT2D eigenvalue weighted by Crippen LogP contribution is -2.46. The molecule has 0 aromatic carbocycles. The van der Waals surface area contributed by atoms with Crippen molar-refractivity contribution >= 4 is 5.97 Å². The number of ether oxygens (including phenoxy) is 1. The van der Waals surface area contributed by atoms with Crippen LogP contribution in [0.15, 0.2) is 0 Å². The van der Waals surface area contributed by atoms with Crippen LogP contribution < -0.4 is 0 Å². The van der Waals surface area contributed by atoms with Crippen LogP contribution in [0.4, 0.5) is 0 Å². The van der Waals surface area contributed by atoms with Crippen LogP contribution in [0.5, 0.6) is 0 Å². The second kappa shape index (κ2) is 6.11. The monoisotopic (exact) mass is 213 g/mol. The van der Waals surface area contributed by atoms with Crippen molar-refractivity contribution in [1.82, 2.24) is 4.90 Å². The summed E-state index contributed by atoms with van der Waals surface area (Å²) in [4.78, 5) is 13.9. The van der Waals surface area contributed by atoms with Crippen LogP contribution in [0.3, 0.4) is 0 Å². The van der Waals surface area contributed by atoms with Crippen molar-refractivity contribution in [3.8, 4) is 0 Å². The van der Waals surface area contributed by atoms with Gasteiger partial charge in [0.1, 0.15) is 6.04 Å². The number of rotatable bonds is 4. The molecule has 0 bridgehead atoms. The molecular weight excluding hydrogens is 190 g/mol. The Morgan fingerprint density at radius 2 is 2.33 bits per heavy atom. The van der Waals surface area contributed by atoms with E-state index in [4.69, 9.17) is 4.74 Å². The topological polar surface area (TPSA) is 29.5 Å². The van der Waals surface area contributed by atoms with Crippen LogP contribution in [-0.4, -0.2) is 37.1 Å². The highest BCUT2D eigenvalue weighted by Gasteiger charge is 2.28. The highest BCUT2D eigenvalue weighted by molar-refractivity contribution is 5.75. The number of piperidine rings is 1. The molecule has 1 rings (SSSR count). The van der Waals surface area contributed by atoms with E-state index in [0.29, 0.717) is 5.92 Å². The molecule has 0 aromatic heterocycles. The number of likely N-dealkylation sites (tertiary alicyclic amines) is 1. The number of methoxy groups -OCH3 is 1. The second-order valence-corrected chi connectivity index (χ2v) is 4.57. The zero-order chi connectivity index (χ0) is 11.3. The summed E-state index contributed by atoms with van der Waals surface area (Å²) in [5.74, 6) is 0.647. The fourth-order valence-corrected chi connectivity index (χ4v) is 2.37. The maximum absolute atomic E-state index is 11.6. The van der Waals surface area contributed by atoms with Crippen LogP contribution >= 0.6 is 0 Å². The summed E-state index contributed by atoms with van der Waals surface area (Å²) in [6.07, 6.45) is 4.44. The molecule has 15 heavy (non-hydrogen) atoms. The van der Waals surface area contributed by atoms with E-state index >= 15 is 0 Å². The third-order valence-corrected chi connectivity index (χ3v) is 3.16. The highest BCUT2D eigenvalue weighted by atomic mass is 16.5. The summed E-state index contributed by atoms with van der Waals surface area (Å²) in [7, 11) is 1.48. The minimum atomic E-state index is -0.0639. The summed E-state index contributed by atoms with van der Waals surface area (Å²) in [5.41, 5.74) is 0. The molecule has 3 heteroatoms. The molecule has 0 amide bonds. The van der Waals surface area contributed by atoms with Crippen molar-refractivity contribution in [3.05, 3.63) is 0 Å². The van der Waals surface area contributed by atoms with Gasteiger partial charge in [0.15, 0.2) is 0 Å². The summed E-state index contributed by atoms with van der Waals surface area (Å²) < 4.78 is 4.87. The fourth-order valence-electron chi connectivity index (χ4n) is 2.37. The van der Waals surface area contributed by atoms with Crippen LogP contribution in [0, 0.1) is 5.92 Å². The van der Waals surface area contributed by atoms with Gasteiger partial charge in [-0.2, -0.15) is 0 Å². The van der Waals surface area contributed by atoms with E-state index in [1.807, 2.05) is 0 Å². The molecular formula is C12H23NO2. The van der Waals surface area contributed by atoms with Gasteiger partial charge in [0.05, 0.1) is 7.11 Å². The van der Waals surface area contributed by atoms with Gasteiger partial charge in [-0.05, 0) is 31.7 Å². The summed E-state index contributed by atoms with van der Waals surface area (Å²) in [6.45, 7) is 6.46. The number of nitrogens with zero attached hydrogens (tertiary/aromatic N) is 1. The Hall–Kier alpha value is -0.570. The van der Waals surface area contributed by atoms with E-state index in [-0.39, 0.29) is 12.0 Å². The Kier molecular flexibility index (Phi) is 5.09. The Morgan fingerprint density at radius 1 is 1.60 bits per heavy atom. The number of carbonyl (C=O) groups excluding carboxylic acids is 1. The molecule has 1 fully saturated rings. The average molecular weight is 213 g/mol. The third-order valence-electron chi connectivity index (χ3n) is 3.16. The van der Waals surface area contributed by atoms with Gasteiger partial charge in [-0.1, -0.05) is 20.3 Å². The van der Waals surface area contributed by atoms with Gasteiger partial charge >= 0.3 is 5.97 Å². The smallest absolute Gasteiger partial charge is 0.323 e.